The van der Waals surface area contributed by atoms with E-state index in [-0.39, 0.29) is 0 Å². The van der Waals surface area contributed by atoms with Crippen LogP contribution in [0.1, 0.15) is 66.0 Å². The van der Waals surface area contributed by atoms with Gasteiger partial charge in [0.15, 0.2) is 5.82 Å². The summed E-state index contributed by atoms with van der Waals surface area (Å²) in [6.45, 7) is 6.09. The second-order valence-electron chi connectivity index (χ2n) is 6.05. The number of aromatic nitrogens is 2. The summed E-state index contributed by atoms with van der Waals surface area (Å²) >= 11 is 0. The maximum Gasteiger partial charge on any atom is 0.284 e. The molecule has 2 aromatic rings. The molecule has 1 fully saturated rings. The zero-order chi connectivity index (χ0) is 16.0. The van der Waals surface area contributed by atoms with Crippen molar-refractivity contribution in [3.63, 3.8) is 0 Å². The van der Waals surface area contributed by atoms with Crippen LogP contribution >= 0.6 is 0 Å². The van der Waals surface area contributed by atoms with Crippen LogP contribution in [-0.4, -0.2) is 15.5 Å². The molecule has 3 aliphatic carbocycles. The summed E-state index contributed by atoms with van der Waals surface area (Å²) in [7, 11) is 1.90. The van der Waals surface area contributed by atoms with E-state index in [0.717, 1.165) is 18.5 Å². The van der Waals surface area contributed by atoms with E-state index in [0.29, 0.717) is 17.7 Å². The van der Waals surface area contributed by atoms with Gasteiger partial charge >= 0.3 is 0 Å². The lowest BCUT2D eigenvalue weighted by Gasteiger charge is -2.34. The fourth-order valence-corrected chi connectivity index (χ4v) is 3.72. The number of imidazole rings is 1. The Morgan fingerprint density at radius 3 is 2.59 bits per heavy atom. The maximum absolute atomic E-state index is 11.6. The van der Waals surface area contributed by atoms with Gasteiger partial charge in [0.2, 0.25) is 0 Å². The summed E-state index contributed by atoms with van der Waals surface area (Å²) < 4.78 is 1.90. The predicted octanol–water partition coefficient (Wildman–Crippen LogP) is 3.50. The van der Waals surface area contributed by atoms with Gasteiger partial charge in [0.1, 0.15) is 0 Å². The van der Waals surface area contributed by atoms with Gasteiger partial charge in [0, 0.05) is 24.2 Å². The van der Waals surface area contributed by atoms with Crippen molar-refractivity contribution in [1.82, 2.24) is 9.55 Å². The highest BCUT2D eigenvalue weighted by atomic mass is 16.1. The standard InChI is InChI=1S/C16H17N3O.C2H6/c1-8-3-4-11-9-6-10(7-9)14-13(12(11)5-8)18-16(15(17)20)19(14)2;1-2/h3-5,9-10H,6-7H2,1-2H3,(H2,17,20);1-2H3. The molecule has 2 N–H and O–H groups in total. The number of carbonyl (C=O) groups excluding carboxylic acids is 1. The summed E-state index contributed by atoms with van der Waals surface area (Å²) in [5, 5.41) is 0. The number of hydrogen-bond acceptors (Lipinski definition) is 2. The van der Waals surface area contributed by atoms with Crippen LogP contribution in [0.3, 0.4) is 0 Å². The molecular formula is C18H23N3O. The quantitative estimate of drug-likeness (QED) is 0.875. The highest BCUT2D eigenvalue weighted by Crippen LogP contribution is 2.55. The van der Waals surface area contributed by atoms with E-state index in [4.69, 9.17) is 5.73 Å². The third-order valence-corrected chi connectivity index (χ3v) is 4.79. The number of amides is 1. The SMILES string of the molecule is CC.Cc1ccc2c(c1)-c1nc(C(N)=O)n(C)c1C1CC2C1. The van der Waals surface area contributed by atoms with Crippen molar-refractivity contribution < 1.29 is 4.79 Å². The van der Waals surface area contributed by atoms with Gasteiger partial charge < -0.3 is 10.3 Å². The van der Waals surface area contributed by atoms with E-state index in [1.165, 1.54) is 22.4 Å². The van der Waals surface area contributed by atoms with Crippen molar-refractivity contribution >= 4 is 5.91 Å². The Kier molecular flexibility index (Phi) is 3.55. The van der Waals surface area contributed by atoms with Crippen LogP contribution in [-0.2, 0) is 7.05 Å². The molecule has 0 unspecified atom stereocenters. The third kappa shape index (κ3) is 1.97. The molecule has 5 rings (SSSR count). The molecule has 0 atom stereocenters. The fraction of sp³-hybridized carbons (Fsp3) is 0.444. The van der Waals surface area contributed by atoms with Crippen LogP contribution in [0, 0.1) is 6.92 Å². The highest BCUT2D eigenvalue weighted by molar-refractivity contribution is 5.91. The summed E-state index contributed by atoms with van der Waals surface area (Å²) in [4.78, 5) is 16.1. The minimum atomic E-state index is -0.453. The first kappa shape index (κ1) is 14.8. The van der Waals surface area contributed by atoms with Gasteiger partial charge in [0.25, 0.3) is 5.91 Å². The minimum Gasteiger partial charge on any atom is -0.363 e. The van der Waals surface area contributed by atoms with Gasteiger partial charge in [-0.15, -0.1) is 0 Å². The van der Waals surface area contributed by atoms with E-state index in [9.17, 15) is 4.79 Å². The number of primary amides is 1. The Bertz CT molecular complexity index is 739. The molecular weight excluding hydrogens is 274 g/mol. The van der Waals surface area contributed by atoms with Crippen molar-refractivity contribution in [1.29, 1.82) is 0 Å². The second-order valence-corrected chi connectivity index (χ2v) is 6.05. The van der Waals surface area contributed by atoms with Gasteiger partial charge in [-0.3, -0.25) is 4.79 Å². The molecule has 22 heavy (non-hydrogen) atoms. The molecule has 116 valence electrons. The van der Waals surface area contributed by atoms with E-state index < -0.39 is 5.91 Å². The first-order valence-electron chi connectivity index (χ1n) is 8.03. The summed E-state index contributed by atoms with van der Waals surface area (Å²) in [5.41, 5.74) is 11.4. The van der Waals surface area contributed by atoms with Crippen molar-refractivity contribution in [3.8, 4) is 11.3 Å². The Morgan fingerprint density at radius 2 is 1.95 bits per heavy atom. The van der Waals surface area contributed by atoms with Gasteiger partial charge in [-0.2, -0.15) is 0 Å². The van der Waals surface area contributed by atoms with Crippen molar-refractivity contribution in [2.75, 3.05) is 0 Å². The van der Waals surface area contributed by atoms with Crippen molar-refractivity contribution in [2.45, 2.75) is 45.4 Å². The monoisotopic (exact) mass is 297 g/mol. The van der Waals surface area contributed by atoms with Gasteiger partial charge in [-0.1, -0.05) is 31.5 Å². The van der Waals surface area contributed by atoms with Crippen molar-refractivity contribution in [3.05, 3.63) is 40.8 Å². The van der Waals surface area contributed by atoms with Crippen LogP contribution in [0.5, 0.6) is 0 Å². The number of nitrogens with two attached hydrogens (primary N) is 1. The minimum absolute atomic E-state index is 0.368. The first-order valence-corrected chi connectivity index (χ1v) is 8.03. The van der Waals surface area contributed by atoms with Gasteiger partial charge in [-0.05, 0) is 37.3 Å². The molecule has 1 aromatic heterocycles. The van der Waals surface area contributed by atoms with Crippen LogP contribution in [0.15, 0.2) is 18.2 Å². The van der Waals surface area contributed by atoms with E-state index in [2.05, 4.69) is 30.1 Å². The molecule has 1 saturated carbocycles. The normalized spacial score (nSPS) is 20.7. The average Bonchev–Trinajstić information content (AvgIpc) is 2.66. The zero-order valence-corrected chi connectivity index (χ0v) is 13.7. The molecule has 4 heteroatoms. The molecule has 0 saturated heterocycles. The van der Waals surface area contributed by atoms with Crippen molar-refractivity contribution in [2.24, 2.45) is 12.8 Å². The van der Waals surface area contributed by atoms with Gasteiger partial charge in [-0.25, -0.2) is 4.98 Å². The molecule has 0 aliphatic heterocycles. The van der Waals surface area contributed by atoms with E-state index in [1.54, 1.807) is 0 Å². The Morgan fingerprint density at radius 1 is 1.27 bits per heavy atom. The molecule has 0 radical (unpaired) electrons. The largest absolute Gasteiger partial charge is 0.363 e. The molecule has 2 bridgehead atoms. The number of hydrogen-bond donors (Lipinski definition) is 1. The molecule has 1 amide bonds. The van der Waals surface area contributed by atoms with Crippen LogP contribution in [0.25, 0.3) is 11.3 Å². The number of rotatable bonds is 1. The summed E-state index contributed by atoms with van der Waals surface area (Å²) in [6, 6.07) is 6.57. The second kappa shape index (κ2) is 5.27. The number of nitrogens with zero attached hydrogens (tertiary/aromatic N) is 2. The van der Waals surface area contributed by atoms with Crippen LogP contribution in [0.2, 0.25) is 0 Å². The predicted molar refractivity (Wildman–Crippen MR) is 88.0 cm³/mol. The third-order valence-electron chi connectivity index (χ3n) is 4.79. The summed E-state index contributed by atoms with van der Waals surface area (Å²) in [5.74, 6) is 1.06. The maximum atomic E-state index is 11.6. The average molecular weight is 297 g/mol. The van der Waals surface area contributed by atoms with Crippen LogP contribution < -0.4 is 5.73 Å². The van der Waals surface area contributed by atoms with Crippen LogP contribution in [0.4, 0.5) is 0 Å². The Labute approximate surface area is 131 Å². The summed E-state index contributed by atoms with van der Waals surface area (Å²) in [6.07, 6.45) is 2.31. The molecule has 3 aliphatic rings. The molecule has 0 spiro atoms. The first-order chi connectivity index (χ1) is 10.6. The number of benzene rings is 1. The topological polar surface area (TPSA) is 60.9 Å². The smallest absolute Gasteiger partial charge is 0.284 e. The highest BCUT2D eigenvalue weighted by Gasteiger charge is 2.41. The van der Waals surface area contributed by atoms with E-state index in [1.807, 2.05) is 25.5 Å². The molecule has 1 aromatic carbocycles. The van der Waals surface area contributed by atoms with E-state index >= 15 is 0 Å². The molecule has 4 nitrogen and oxygen atoms in total. The number of aryl methyl sites for hydroxylation is 1. The lowest BCUT2D eigenvalue weighted by atomic mass is 9.71. The Hall–Kier alpha value is -2.10. The Balaban J connectivity index is 0.000000693. The number of carbonyl (C=O) groups is 1. The lowest BCUT2D eigenvalue weighted by molar-refractivity contribution is 0.0987. The van der Waals surface area contributed by atoms with Gasteiger partial charge in [0.05, 0.1) is 5.69 Å². The lowest BCUT2D eigenvalue weighted by Crippen LogP contribution is -2.23. The molecule has 1 heterocycles. The fourth-order valence-electron chi connectivity index (χ4n) is 3.72. The zero-order valence-electron chi connectivity index (χ0n) is 13.7.